The molecule has 0 N–H and O–H groups in total. The third-order valence-corrected chi connectivity index (χ3v) is 4.76. The number of carbonyl (C=O) groups is 1. The van der Waals surface area contributed by atoms with Crippen LogP contribution in [0.2, 0.25) is 0 Å². The molecule has 132 valence electrons. The molecule has 0 saturated heterocycles. The minimum absolute atomic E-state index is 0.110. The van der Waals surface area contributed by atoms with Crippen LogP contribution in [0.15, 0.2) is 61.2 Å². The molecule has 1 aliphatic heterocycles. The van der Waals surface area contributed by atoms with Gasteiger partial charge in [0.05, 0.1) is 17.9 Å². The largest absolute Gasteiger partial charge is 0.335 e. The summed E-state index contributed by atoms with van der Waals surface area (Å²) in [5.74, 6) is -1.96. The van der Waals surface area contributed by atoms with Crippen molar-refractivity contribution in [2.45, 2.75) is 25.6 Å². The van der Waals surface area contributed by atoms with Crippen LogP contribution in [0.1, 0.15) is 21.5 Å². The molecule has 0 unspecified atom stereocenters. The summed E-state index contributed by atoms with van der Waals surface area (Å²) >= 11 is 0. The summed E-state index contributed by atoms with van der Waals surface area (Å²) in [4.78, 5) is 18.7. The van der Waals surface area contributed by atoms with Crippen molar-refractivity contribution in [1.82, 2.24) is 14.5 Å². The van der Waals surface area contributed by atoms with Gasteiger partial charge in [0.25, 0.3) is 5.91 Å². The first-order valence-electron chi connectivity index (χ1n) is 8.40. The number of rotatable bonds is 3. The van der Waals surface area contributed by atoms with Gasteiger partial charge >= 0.3 is 0 Å². The molecule has 0 fully saturated rings. The van der Waals surface area contributed by atoms with Gasteiger partial charge in [-0.2, -0.15) is 0 Å². The first-order valence-corrected chi connectivity index (χ1v) is 8.40. The van der Waals surface area contributed by atoms with Crippen LogP contribution in [-0.4, -0.2) is 26.4 Å². The standard InChI is InChI=1S/C20H17F2N3O/c21-16-5-6-18(19(22)10-16)20(26)25-11-15-4-2-1-3-14(15)9-17(25)12-24-8-7-23-13-24/h1-8,10,13,17H,9,11-12H2/t17-/m0/s1. The summed E-state index contributed by atoms with van der Waals surface area (Å²) in [5, 5.41) is 0. The lowest BCUT2D eigenvalue weighted by Crippen LogP contribution is -2.46. The minimum atomic E-state index is -0.838. The Kier molecular flexibility index (Phi) is 4.24. The molecule has 2 aromatic carbocycles. The van der Waals surface area contributed by atoms with E-state index in [0.717, 1.165) is 17.7 Å². The Balaban J connectivity index is 1.69. The number of hydrogen-bond donors (Lipinski definition) is 0. The predicted molar refractivity (Wildman–Crippen MR) is 92.4 cm³/mol. The van der Waals surface area contributed by atoms with Crippen molar-refractivity contribution in [1.29, 1.82) is 0 Å². The number of aromatic nitrogens is 2. The highest BCUT2D eigenvalue weighted by Gasteiger charge is 2.31. The third kappa shape index (κ3) is 3.10. The Morgan fingerprint density at radius 1 is 1.15 bits per heavy atom. The summed E-state index contributed by atoms with van der Waals surface area (Å²) in [6.07, 6.45) is 5.88. The Morgan fingerprint density at radius 3 is 2.69 bits per heavy atom. The van der Waals surface area contributed by atoms with Crippen LogP contribution in [0.5, 0.6) is 0 Å². The van der Waals surface area contributed by atoms with Crippen LogP contribution in [-0.2, 0) is 19.5 Å². The number of nitrogens with zero attached hydrogens (tertiary/aromatic N) is 3. The molecular weight excluding hydrogens is 336 g/mol. The second-order valence-electron chi connectivity index (χ2n) is 6.44. The fraction of sp³-hybridized carbons (Fsp3) is 0.200. The highest BCUT2D eigenvalue weighted by molar-refractivity contribution is 5.94. The average Bonchev–Trinajstić information content (AvgIpc) is 3.14. The van der Waals surface area contributed by atoms with Crippen molar-refractivity contribution in [3.8, 4) is 0 Å². The Bertz CT molecular complexity index is 940. The van der Waals surface area contributed by atoms with Gasteiger partial charge in [0, 0.05) is 31.5 Å². The zero-order chi connectivity index (χ0) is 18.1. The van der Waals surface area contributed by atoms with E-state index < -0.39 is 17.5 Å². The Morgan fingerprint density at radius 2 is 1.96 bits per heavy atom. The van der Waals surface area contributed by atoms with E-state index >= 15 is 0 Å². The molecule has 0 spiro atoms. The van der Waals surface area contributed by atoms with E-state index in [-0.39, 0.29) is 11.6 Å². The first-order chi connectivity index (χ1) is 12.6. The fourth-order valence-corrected chi connectivity index (χ4v) is 3.44. The molecule has 1 atom stereocenters. The number of imidazole rings is 1. The summed E-state index contributed by atoms with van der Waals surface area (Å²) in [5.41, 5.74) is 2.12. The van der Waals surface area contributed by atoms with Gasteiger partial charge in [-0.25, -0.2) is 13.8 Å². The maximum absolute atomic E-state index is 14.2. The molecule has 3 aromatic rings. The van der Waals surface area contributed by atoms with Crippen LogP contribution in [0.4, 0.5) is 8.78 Å². The quantitative estimate of drug-likeness (QED) is 0.724. The Hall–Kier alpha value is -3.02. The van der Waals surface area contributed by atoms with Gasteiger partial charge in [-0.05, 0) is 29.7 Å². The first kappa shape index (κ1) is 16.4. The number of amides is 1. The van der Waals surface area contributed by atoms with Crippen LogP contribution in [0, 0.1) is 11.6 Å². The van der Waals surface area contributed by atoms with E-state index in [1.54, 1.807) is 17.4 Å². The highest BCUT2D eigenvalue weighted by atomic mass is 19.1. The second kappa shape index (κ2) is 6.71. The van der Waals surface area contributed by atoms with Crippen LogP contribution < -0.4 is 0 Å². The van der Waals surface area contributed by atoms with Gasteiger partial charge < -0.3 is 9.47 Å². The van der Waals surface area contributed by atoms with Crippen LogP contribution >= 0.6 is 0 Å². The highest BCUT2D eigenvalue weighted by Crippen LogP contribution is 2.26. The summed E-state index contributed by atoms with van der Waals surface area (Å²) < 4.78 is 29.3. The number of halogens is 2. The number of benzene rings is 2. The lowest BCUT2D eigenvalue weighted by molar-refractivity contribution is 0.0613. The molecule has 1 aliphatic rings. The maximum Gasteiger partial charge on any atom is 0.257 e. The molecule has 0 aliphatic carbocycles. The van der Waals surface area contributed by atoms with E-state index in [1.165, 1.54) is 11.6 Å². The van der Waals surface area contributed by atoms with E-state index in [9.17, 15) is 13.6 Å². The number of carbonyl (C=O) groups excluding carboxylic acids is 1. The molecule has 6 heteroatoms. The average molecular weight is 353 g/mol. The Labute approximate surface area is 149 Å². The summed E-state index contributed by atoms with van der Waals surface area (Å²) in [6, 6.07) is 10.9. The zero-order valence-corrected chi connectivity index (χ0v) is 14.0. The van der Waals surface area contributed by atoms with Crippen molar-refractivity contribution in [2.75, 3.05) is 0 Å². The maximum atomic E-state index is 14.2. The lowest BCUT2D eigenvalue weighted by Gasteiger charge is -2.37. The second-order valence-corrected chi connectivity index (χ2v) is 6.44. The van der Waals surface area contributed by atoms with E-state index in [4.69, 9.17) is 0 Å². The van der Waals surface area contributed by atoms with Gasteiger partial charge in [0.2, 0.25) is 0 Å². The molecule has 1 aromatic heterocycles. The fourth-order valence-electron chi connectivity index (χ4n) is 3.44. The molecule has 4 nitrogen and oxygen atoms in total. The smallest absolute Gasteiger partial charge is 0.257 e. The van der Waals surface area contributed by atoms with Gasteiger partial charge in [-0.15, -0.1) is 0 Å². The van der Waals surface area contributed by atoms with Crippen molar-refractivity contribution in [2.24, 2.45) is 0 Å². The molecule has 0 bridgehead atoms. The topological polar surface area (TPSA) is 38.1 Å². The van der Waals surface area contributed by atoms with Crippen molar-refractivity contribution >= 4 is 5.91 Å². The zero-order valence-electron chi connectivity index (χ0n) is 14.0. The number of fused-ring (bicyclic) bond motifs is 1. The van der Waals surface area contributed by atoms with Crippen molar-refractivity contribution < 1.29 is 13.6 Å². The van der Waals surface area contributed by atoms with Crippen molar-refractivity contribution in [3.05, 3.63) is 89.5 Å². The van der Waals surface area contributed by atoms with Crippen molar-refractivity contribution in [3.63, 3.8) is 0 Å². The normalized spacial score (nSPS) is 16.4. The summed E-state index contributed by atoms with van der Waals surface area (Å²) in [7, 11) is 0. The van der Waals surface area contributed by atoms with Crippen LogP contribution in [0.3, 0.4) is 0 Å². The van der Waals surface area contributed by atoms with Gasteiger partial charge in [-0.1, -0.05) is 24.3 Å². The van der Waals surface area contributed by atoms with Gasteiger partial charge in [0.1, 0.15) is 11.6 Å². The molecule has 0 saturated carbocycles. The monoisotopic (exact) mass is 353 g/mol. The molecular formula is C20H17F2N3O. The van der Waals surface area contributed by atoms with Crippen LogP contribution in [0.25, 0.3) is 0 Å². The molecule has 2 heterocycles. The minimum Gasteiger partial charge on any atom is -0.335 e. The van der Waals surface area contributed by atoms with E-state index in [0.29, 0.717) is 19.5 Å². The molecule has 1 amide bonds. The molecule has 26 heavy (non-hydrogen) atoms. The van der Waals surface area contributed by atoms with E-state index in [2.05, 4.69) is 11.1 Å². The SMILES string of the molecule is O=C(c1ccc(F)cc1F)N1Cc2ccccc2C[C@H]1Cn1ccnc1. The summed E-state index contributed by atoms with van der Waals surface area (Å²) in [6.45, 7) is 0.952. The van der Waals surface area contributed by atoms with Gasteiger partial charge in [-0.3, -0.25) is 4.79 Å². The molecule has 0 radical (unpaired) electrons. The van der Waals surface area contributed by atoms with E-state index in [1.807, 2.05) is 29.0 Å². The lowest BCUT2D eigenvalue weighted by atomic mass is 9.93. The third-order valence-electron chi connectivity index (χ3n) is 4.76. The van der Waals surface area contributed by atoms with Gasteiger partial charge in [0.15, 0.2) is 0 Å². The predicted octanol–water partition coefficient (Wildman–Crippen LogP) is 3.43. The number of hydrogen-bond acceptors (Lipinski definition) is 2. The molecule has 4 rings (SSSR count).